The third-order valence-corrected chi connectivity index (χ3v) is 8.37. The molecule has 0 N–H and O–H groups in total. The highest BCUT2D eigenvalue weighted by atomic mass is 35.5. The van der Waals surface area contributed by atoms with E-state index < -0.39 is 17.7 Å². The Morgan fingerprint density at radius 1 is 1.07 bits per heavy atom. The topological polar surface area (TPSA) is 92.1 Å². The molecule has 2 aromatic carbocycles. The molecule has 1 fully saturated rings. The number of benzene rings is 2. The van der Waals surface area contributed by atoms with Gasteiger partial charge in [-0.3, -0.25) is 4.57 Å². The van der Waals surface area contributed by atoms with Gasteiger partial charge in [0.15, 0.2) is 4.88 Å². The lowest BCUT2D eigenvalue weighted by atomic mass is 10.1. The van der Waals surface area contributed by atoms with Crippen LogP contribution >= 0.6 is 22.9 Å². The maximum atomic E-state index is 12.7. The number of aromatic nitrogens is 2. The summed E-state index contributed by atoms with van der Waals surface area (Å²) in [6.07, 6.45) is 2.14. The molecule has 222 valence electrons. The minimum absolute atomic E-state index is 0.0944. The Bertz CT molecular complexity index is 1590. The number of para-hydroxylation sites is 2. The highest BCUT2D eigenvalue weighted by Crippen LogP contribution is 2.39. The van der Waals surface area contributed by atoms with Crippen molar-refractivity contribution in [3.05, 3.63) is 70.3 Å². The monoisotopic (exact) mass is 611 g/mol. The van der Waals surface area contributed by atoms with Gasteiger partial charge in [-0.15, -0.1) is 11.3 Å². The summed E-state index contributed by atoms with van der Waals surface area (Å²) in [7, 11) is 1.34. The number of piperidine rings is 1. The SMILES string of the molecule is COC(=O)c1sc(-n2cnc3ccccc32)cc1O[C@H](C)c1cccc(OC2CCN(C(=O)OC(C)(C)C)CC2)c1Cl. The van der Waals surface area contributed by atoms with E-state index in [0.717, 1.165) is 21.6 Å². The smallest absolute Gasteiger partial charge is 0.410 e. The van der Waals surface area contributed by atoms with Crippen molar-refractivity contribution in [2.75, 3.05) is 20.2 Å². The molecule has 5 rings (SSSR count). The molecular weight excluding hydrogens is 578 g/mol. The summed E-state index contributed by atoms with van der Waals surface area (Å²) in [5.74, 6) is 0.451. The molecular formula is C31H34ClN3O6S. The van der Waals surface area contributed by atoms with Gasteiger partial charge in [-0.1, -0.05) is 35.9 Å². The van der Waals surface area contributed by atoms with Crippen molar-refractivity contribution in [2.45, 2.75) is 58.3 Å². The number of methoxy groups -OCH3 is 1. The Morgan fingerprint density at radius 2 is 1.81 bits per heavy atom. The van der Waals surface area contributed by atoms with E-state index in [2.05, 4.69) is 4.98 Å². The predicted molar refractivity (Wildman–Crippen MR) is 162 cm³/mol. The molecule has 0 saturated carbocycles. The van der Waals surface area contributed by atoms with Crippen LogP contribution in [0.3, 0.4) is 0 Å². The van der Waals surface area contributed by atoms with Crippen LogP contribution in [-0.2, 0) is 9.47 Å². The van der Waals surface area contributed by atoms with E-state index in [0.29, 0.717) is 47.3 Å². The van der Waals surface area contributed by atoms with Crippen LogP contribution in [0.15, 0.2) is 54.9 Å². The van der Waals surface area contributed by atoms with Gasteiger partial charge in [-0.2, -0.15) is 0 Å². The maximum absolute atomic E-state index is 12.7. The molecule has 1 saturated heterocycles. The summed E-state index contributed by atoms with van der Waals surface area (Å²) >= 11 is 8.10. The minimum Gasteiger partial charge on any atom is -0.489 e. The quantitative estimate of drug-likeness (QED) is 0.200. The lowest BCUT2D eigenvalue weighted by Gasteiger charge is -2.33. The fourth-order valence-electron chi connectivity index (χ4n) is 4.79. The van der Waals surface area contributed by atoms with Gasteiger partial charge in [0, 0.05) is 37.6 Å². The molecule has 0 bridgehead atoms. The van der Waals surface area contributed by atoms with Crippen molar-refractivity contribution in [3.8, 4) is 16.5 Å². The molecule has 0 unspecified atom stereocenters. The van der Waals surface area contributed by atoms with E-state index in [1.165, 1.54) is 18.4 Å². The van der Waals surface area contributed by atoms with E-state index in [9.17, 15) is 9.59 Å². The summed E-state index contributed by atoms with van der Waals surface area (Å²) in [5.41, 5.74) is 1.95. The van der Waals surface area contributed by atoms with Crippen LogP contribution < -0.4 is 9.47 Å². The van der Waals surface area contributed by atoms with Crippen LogP contribution in [0.1, 0.15) is 61.9 Å². The van der Waals surface area contributed by atoms with Gasteiger partial charge in [0.1, 0.15) is 40.6 Å². The molecule has 4 aromatic rings. The van der Waals surface area contributed by atoms with Gasteiger partial charge in [-0.05, 0) is 45.9 Å². The summed E-state index contributed by atoms with van der Waals surface area (Å²) < 4.78 is 25.1. The van der Waals surface area contributed by atoms with Gasteiger partial charge >= 0.3 is 12.1 Å². The molecule has 1 amide bonds. The highest BCUT2D eigenvalue weighted by Gasteiger charge is 2.29. The summed E-state index contributed by atoms with van der Waals surface area (Å²) in [6, 6.07) is 15.1. The van der Waals surface area contributed by atoms with Crippen LogP contribution in [0.2, 0.25) is 5.02 Å². The third kappa shape index (κ3) is 6.50. The Labute approximate surface area is 253 Å². The first-order valence-electron chi connectivity index (χ1n) is 13.8. The number of carbonyl (C=O) groups excluding carboxylic acids is 2. The van der Waals surface area contributed by atoms with Crippen LogP contribution in [0.5, 0.6) is 11.5 Å². The van der Waals surface area contributed by atoms with E-state index in [1.807, 2.05) is 80.8 Å². The zero-order valence-corrected chi connectivity index (χ0v) is 25.8. The molecule has 1 aliphatic rings. The molecule has 1 aliphatic heterocycles. The first kappa shape index (κ1) is 29.7. The summed E-state index contributed by atoms with van der Waals surface area (Å²) in [4.78, 5) is 31.6. The Morgan fingerprint density at radius 3 is 2.52 bits per heavy atom. The standard InChI is InChI=1S/C31H34ClN3O6S/c1-19(39-25-17-26(42-28(25)29(36)38-5)35-18-33-22-10-6-7-11-23(22)35)21-9-8-12-24(27(21)32)40-20-13-15-34(16-14-20)30(37)41-31(2,3)4/h6-12,17-20H,13-16H2,1-5H3/t19-/m1/s1. The van der Waals surface area contributed by atoms with E-state index in [4.69, 9.17) is 30.5 Å². The number of imidazole rings is 1. The Balaban J connectivity index is 1.30. The van der Waals surface area contributed by atoms with Crippen LogP contribution in [0.25, 0.3) is 16.0 Å². The number of carbonyl (C=O) groups is 2. The normalized spacial score (nSPS) is 15.0. The van der Waals surface area contributed by atoms with E-state index >= 15 is 0 Å². The van der Waals surface area contributed by atoms with E-state index in [-0.39, 0.29) is 12.2 Å². The number of hydrogen-bond acceptors (Lipinski definition) is 8. The minimum atomic E-state index is -0.534. The second kappa shape index (κ2) is 12.2. The number of ether oxygens (including phenoxy) is 4. The van der Waals surface area contributed by atoms with Crippen molar-refractivity contribution >= 4 is 46.0 Å². The Hall–Kier alpha value is -3.76. The van der Waals surface area contributed by atoms with Crippen LogP contribution in [0.4, 0.5) is 4.79 Å². The molecule has 0 aliphatic carbocycles. The number of thiophene rings is 1. The molecule has 1 atom stereocenters. The number of hydrogen-bond donors (Lipinski definition) is 0. The molecule has 42 heavy (non-hydrogen) atoms. The molecule has 9 nitrogen and oxygen atoms in total. The van der Waals surface area contributed by atoms with Crippen molar-refractivity contribution in [3.63, 3.8) is 0 Å². The predicted octanol–water partition coefficient (Wildman–Crippen LogP) is 7.45. The zero-order valence-electron chi connectivity index (χ0n) is 24.3. The lowest BCUT2D eigenvalue weighted by molar-refractivity contribution is 0.0126. The van der Waals surface area contributed by atoms with Crippen molar-refractivity contribution in [1.29, 1.82) is 0 Å². The van der Waals surface area contributed by atoms with Crippen molar-refractivity contribution in [2.24, 2.45) is 0 Å². The number of nitrogens with zero attached hydrogens (tertiary/aromatic N) is 3. The van der Waals surface area contributed by atoms with Crippen LogP contribution in [0, 0.1) is 0 Å². The fraction of sp³-hybridized carbons (Fsp3) is 0.387. The van der Waals surface area contributed by atoms with Gasteiger partial charge < -0.3 is 23.8 Å². The molecule has 11 heteroatoms. The largest absolute Gasteiger partial charge is 0.489 e. The molecule has 0 radical (unpaired) electrons. The summed E-state index contributed by atoms with van der Waals surface area (Å²) in [5, 5.41) is 1.21. The second-order valence-corrected chi connectivity index (χ2v) is 12.5. The van der Waals surface area contributed by atoms with E-state index in [1.54, 1.807) is 11.2 Å². The number of amides is 1. The first-order valence-corrected chi connectivity index (χ1v) is 15.0. The number of esters is 1. The van der Waals surface area contributed by atoms with Crippen LogP contribution in [-0.4, -0.2) is 58.4 Å². The maximum Gasteiger partial charge on any atom is 0.410 e. The summed E-state index contributed by atoms with van der Waals surface area (Å²) in [6.45, 7) is 8.52. The van der Waals surface area contributed by atoms with Gasteiger partial charge in [-0.25, -0.2) is 14.6 Å². The fourth-order valence-corrected chi connectivity index (χ4v) is 6.10. The molecule has 2 aromatic heterocycles. The highest BCUT2D eigenvalue weighted by molar-refractivity contribution is 7.16. The van der Waals surface area contributed by atoms with Crippen molar-refractivity contribution in [1.82, 2.24) is 14.5 Å². The first-order chi connectivity index (χ1) is 20.0. The lowest BCUT2D eigenvalue weighted by Crippen LogP contribution is -2.44. The number of likely N-dealkylation sites (tertiary alicyclic amines) is 1. The average molecular weight is 612 g/mol. The Kier molecular flexibility index (Phi) is 8.65. The third-order valence-electron chi connectivity index (χ3n) is 6.87. The van der Waals surface area contributed by atoms with Gasteiger partial charge in [0.25, 0.3) is 0 Å². The average Bonchev–Trinajstić information content (AvgIpc) is 3.57. The molecule has 3 heterocycles. The van der Waals surface area contributed by atoms with Crippen molar-refractivity contribution < 1.29 is 28.5 Å². The second-order valence-electron chi connectivity index (χ2n) is 11.1. The van der Waals surface area contributed by atoms with Gasteiger partial charge in [0.2, 0.25) is 0 Å². The number of rotatable bonds is 7. The number of halogens is 1. The molecule has 0 spiro atoms. The zero-order chi connectivity index (χ0) is 30.0. The van der Waals surface area contributed by atoms with Gasteiger partial charge in [0.05, 0.1) is 23.2 Å². The number of fused-ring (bicyclic) bond motifs is 1.